The Labute approximate surface area is 192 Å². The molecule has 4 rings (SSSR count). The fraction of sp³-hybridized carbons (Fsp3) is 0.200. The molecule has 0 bridgehead atoms. The fourth-order valence-electron chi connectivity index (χ4n) is 3.00. The van der Waals surface area contributed by atoms with Gasteiger partial charge in [-0.15, -0.1) is 16.4 Å². The molecule has 0 amide bonds. The van der Waals surface area contributed by atoms with Gasteiger partial charge in [0.05, 0.1) is 24.8 Å². The van der Waals surface area contributed by atoms with Crippen molar-refractivity contribution in [3.63, 3.8) is 0 Å². The lowest BCUT2D eigenvalue weighted by Gasteiger charge is -2.07. The zero-order chi connectivity index (χ0) is 22.0. The van der Waals surface area contributed by atoms with E-state index < -0.39 is 10.0 Å². The van der Waals surface area contributed by atoms with Crippen LogP contribution < -0.4 is 14.2 Å². The van der Waals surface area contributed by atoms with Crippen molar-refractivity contribution in [2.45, 2.75) is 11.3 Å². The van der Waals surface area contributed by atoms with Gasteiger partial charge in [0, 0.05) is 28.4 Å². The van der Waals surface area contributed by atoms with Crippen LogP contribution >= 0.6 is 27.3 Å². The lowest BCUT2D eigenvalue weighted by atomic mass is 10.2. The highest BCUT2D eigenvalue weighted by molar-refractivity contribution is 9.10. The molecule has 8 nitrogen and oxygen atoms in total. The Bertz CT molecular complexity index is 1320. The summed E-state index contributed by atoms with van der Waals surface area (Å²) in [5, 5.41) is 6.53. The monoisotopic (exact) mass is 522 g/mol. The summed E-state index contributed by atoms with van der Waals surface area (Å²) in [5.74, 6) is 1.79. The van der Waals surface area contributed by atoms with Gasteiger partial charge in [0.25, 0.3) is 0 Å². The number of aromatic nitrogens is 3. The van der Waals surface area contributed by atoms with Gasteiger partial charge in [0.1, 0.15) is 0 Å². The SMILES string of the molecule is COc1ccc(-c2nc3scc(CCNS(=O)(=O)c4ccc(Br)cc4)n3n2)cc1OC. The second kappa shape index (κ2) is 8.95. The fourth-order valence-corrected chi connectivity index (χ4v) is 5.16. The molecule has 0 aliphatic carbocycles. The summed E-state index contributed by atoms with van der Waals surface area (Å²) in [6, 6.07) is 12.0. The molecular formula is C20H19BrN4O4S2. The first kappa shape index (κ1) is 21.8. The second-order valence-corrected chi connectivity index (χ2v) is 10.0. The van der Waals surface area contributed by atoms with Crippen LogP contribution in [0.1, 0.15) is 5.69 Å². The summed E-state index contributed by atoms with van der Waals surface area (Å²) in [6.07, 6.45) is 0.477. The standard InChI is InChI=1S/C20H19BrN4O4S2/c1-28-17-8-3-13(11-18(17)29-2)19-23-20-25(24-19)15(12-30-20)9-10-22-31(26,27)16-6-4-14(21)5-7-16/h3-8,11-12,22H,9-10H2,1-2H3. The van der Waals surface area contributed by atoms with Crippen molar-refractivity contribution in [3.05, 3.63) is 58.0 Å². The van der Waals surface area contributed by atoms with E-state index in [0.717, 1.165) is 20.7 Å². The minimum absolute atomic E-state index is 0.225. The maximum absolute atomic E-state index is 12.5. The molecule has 31 heavy (non-hydrogen) atoms. The molecule has 2 heterocycles. The third-order valence-corrected chi connectivity index (χ3v) is 7.46. The molecule has 0 unspecified atom stereocenters. The van der Waals surface area contributed by atoms with E-state index >= 15 is 0 Å². The summed E-state index contributed by atoms with van der Waals surface area (Å²) >= 11 is 4.76. The van der Waals surface area contributed by atoms with E-state index in [1.807, 2.05) is 17.5 Å². The summed E-state index contributed by atoms with van der Waals surface area (Å²) in [5.41, 5.74) is 1.67. The van der Waals surface area contributed by atoms with Crippen LogP contribution in [0.2, 0.25) is 0 Å². The van der Waals surface area contributed by atoms with Crippen molar-refractivity contribution in [1.29, 1.82) is 0 Å². The third kappa shape index (κ3) is 4.59. The second-order valence-electron chi connectivity index (χ2n) is 6.53. The quantitative estimate of drug-likeness (QED) is 0.378. The lowest BCUT2D eigenvalue weighted by molar-refractivity contribution is 0.355. The Morgan fingerprint density at radius 1 is 1.10 bits per heavy atom. The number of fused-ring (bicyclic) bond motifs is 1. The van der Waals surface area contributed by atoms with Gasteiger partial charge in [-0.1, -0.05) is 15.9 Å². The van der Waals surface area contributed by atoms with Crippen LogP contribution in [0.25, 0.3) is 16.3 Å². The Morgan fingerprint density at radius 3 is 2.55 bits per heavy atom. The van der Waals surface area contributed by atoms with Crippen molar-refractivity contribution in [2.24, 2.45) is 0 Å². The Hall–Kier alpha value is -2.47. The third-order valence-electron chi connectivity index (χ3n) is 4.59. The average molecular weight is 523 g/mol. The molecule has 0 fully saturated rings. The maximum Gasteiger partial charge on any atom is 0.240 e. The molecule has 0 atom stereocenters. The van der Waals surface area contributed by atoms with Crippen LogP contribution in [0, 0.1) is 0 Å². The average Bonchev–Trinajstić information content (AvgIpc) is 3.35. The zero-order valence-corrected chi connectivity index (χ0v) is 19.9. The van der Waals surface area contributed by atoms with Gasteiger partial charge in [-0.05, 0) is 42.5 Å². The smallest absolute Gasteiger partial charge is 0.240 e. The number of benzene rings is 2. The summed E-state index contributed by atoms with van der Waals surface area (Å²) in [4.78, 5) is 5.53. The van der Waals surface area contributed by atoms with Crippen molar-refractivity contribution in [2.75, 3.05) is 20.8 Å². The molecule has 1 N–H and O–H groups in total. The van der Waals surface area contributed by atoms with Gasteiger partial charge in [-0.25, -0.2) is 17.7 Å². The number of rotatable bonds is 8. The largest absolute Gasteiger partial charge is 0.493 e. The van der Waals surface area contributed by atoms with Gasteiger partial charge >= 0.3 is 0 Å². The van der Waals surface area contributed by atoms with Gasteiger partial charge < -0.3 is 9.47 Å². The van der Waals surface area contributed by atoms with Gasteiger partial charge in [0.15, 0.2) is 17.3 Å². The molecule has 0 radical (unpaired) electrons. The van der Waals surface area contributed by atoms with E-state index in [-0.39, 0.29) is 11.4 Å². The molecule has 162 valence electrons. The number of nitrogens with one attached hydrogen (secondary N) is 1. The van der Waals surface area contributed by atoms with Crippen molar-refractivity contribution < 1.29 is 17.9 Å². The van der Waals surface area contributed by atoms with Crippen molar-refractivity contribution >= 4 is 42.3 Å². The maximum atomic E-state index is 12.5. The number of halogens is 1. The number of thiazole rings is 1. The minimum atomic E-state index is -3.57. The molecule has 0 saturated heterocycles. The minimum Gasteiger partial charge on any atom is -0.493 e. The van der Waals surface area contributed by atoms with Gasteiger partial charge in [-0.3, -0.25) is 0 Å². The number of sulfonamides is 1. The van der Waals surface area contributed by atoms with Crippen LogP contribution in [-0.4, -0.2) is 43.8 Å². The number of nitrogens with zero attached hydrogens (tertiary/aromatic N) is 3. The summed E-state index contributed by atoms with van der Waals surface area (Å²) in [7, 11) is -0.414. The van der Waals surface area contributed by atoms with Crippen LogP contribution in [0.3, 0.4) is 0 Å². The van der Waals surface area contributed by atoms with E-state index in [1.54, 1.807) is 49.1 Å². The molecule has 0 aliphatic heterocycles. The van der Waals surface area contributed by atoms with Crippen LogP contribution in [0.15, 0.2) is 57.2 Å². The Balaban J connectivity index is 1.50. The molecule has 0 aliphatic rings. The molecular weight excluding hydrogens is 504 g/mol. The predicted octanol–water partition coefficient (Wildman–Crippen LogP) is 3.76. The molecule has 2 aromatic carbocycles. The molecule has 4 aromatic rings. The first-order valence-corrected chi connectivity index (χ1v) is 12.4. The number of hydrogen-bond acceptors (Lipinski definition) is 7. The highest BCUT2D eigenvalue weighted by atomic mass is 79.9. The Kier molecular flexibility index (Phi) is 6.28. The number of ether oxygens (including phenoxy) is 2. The van der Waals surface area contributed by atoms with E-state index in [0.29, 0.717) is 23.7 Å². The topological polar surface area (TPSA) is 94.8 Å². The molecule has 0 saturated carbocycles. The van der Waals surface area contributed by atoms with E-state index in [2.05, 4.69) is 30.7 Å². The van der Waals surface area contributed by atoms with Crippen LogP contribution in [0.4, 0.5) is 0 Å². The normalized spacial score (nSPS) is 11.7. The van der Waals surface area contributed by atoms with Crippen molar-refractivity contribution in [1.82, 2.24) is 19.3 Å². The summed E-state index contributed by atoms with van der Waals surface area (Å²) < 4.78 is 40.7. The highest BCUT2D eigenvalue weighted by Gasteiger charge is 2.16. The number of hydrogen-bond donors (Lipinski definition) is 1. The summed E-state index contributed by atoms with van der Waals surface area (Å²) in [6.45, 7) is 0.246. The van der Waals surface area contributed by atoms with Gasteiger partial charge in [-0.2, -0.15) is 4.98 Å². The first-order chi connectivity index (χ1) is 14.9. The predicted molar refractivity (Wildman–Crippen MR) is 122 cm³/mol. The van der Waals surface area contributed by atoms with Crippen molar-refractivity contribution in [3.8, 4) is 22.9 Å². The lowest BCUT2D eigenvalue weighted by Crippen LogP contribution is -2.26. The zero-order valence-electron chi connectivity index (χ0n) is 16.7. The van der Waals surface area contributed by atoms with E-state index in [9.17, 15) is 8.42 Å². The van der Waals surface area contributed by atoms with E-state index in [1.165, 1.54) is 11.3 Å². The number of methoxy groups -OCH3 is 2. The van der Waals surface area contributed by atoms with E-state index in [4.69, 9.17) is 9.47 Å². The molecule has 0 spiro atoms. The van der Waals surface area contributed by atoms with Crippen LogP contribution in [0.5, 0.6) is 11.5 Å². The Morgan fingerprint density at radius 2 is 1.84 bits per heavy atom. The van der Waals surface area contributed by atoms with Gasteiger partial charge in [0.2, 0.25) is 15.0 Å². The molecule has 11 heteroatoms. The highest BCUT2D eigenvalue weighted by Crippen LogP contribution is 2.31. The van der Waals surface area contributed by atoms with Crippen LogP contribution in [-0.2, 0) is 16.4 Å². The first-order valence-electron chi connectivity index (χ1n) is 9.22. The molecule has 2 aromatic heterocycles.